The van der Waals surface area contributed by atoms with E-state index >= 15 is 0 Å². The Hall–Kier alpha value is -2.54. The highest BCUT2D eigenvalue weighted by molar-refractivity contribution is 7.15. The summed E-state index contributed by atoms with van der Waals surface area (Å²) < 4.78 is 18.9. The molecule has 1 fully saturated rings. The SMILES string of the molecule is O=C(NCc1ccc(-c2nc(C3CC3)no2)s1)c1ccccc1F. The Morgan fingerprint density at radius 2 is 2.12 bits per heavy atom. The van der Waals surface area contributed by atoms with Gasteiger partial charge in [0.1, 0.15) is 5.82 Å². The molecule has 3 aromatic rings. The summed E-state index contributed by atoms with van der Waals surface area (Å²) in [4.78, 5) is 18.2. The Morgan fingerprint density at radius 1 is 1.29 bits per heavy atom. The zero-order chi connectivity index (χ0) is 16.5. The highest BCUT2D eigenvalue weighted by atomic mass is 32.1. The van der Waals surface area contributed by atoms with Crippen molar-refractivity contribution in [3.63, 3.8) is 0 Å². The van der Waals surface area contributed by atoms with Crippen LogP contribution in [0.15, 0.2) is 40.9 Å². The number of hydrogen-bond acceptors (Lipinski definition) is 5. The van der Waals surface area contributed by atoms with Crippen molar-refractivity contribution in [2.75, 3.05) is 0 Å². The molecule has 0 unspecified atom stereocenters. The predicted octanol–water partition coefficient (Wildman–Crippen LogP) is 3.74. The van der Waals surface area contributed by atoms with Crippen molar-refractivity contribution >= 4 is 17.2 Å². The summed E-state index contributed by atoms with van der Waals surface area (Å²) in [5.41, 5.74) is 0.0419. The van der Waals surface area contributed by atoms with E-state index in [0.29, 0.717) is 18.4 Å². The molecule has 5 nitrogen and oxygen atoms in total. The maximum Gasteiger partial charge on any atom is 0.268 e. The summed E-state index contributed by atoms with van der Waals surface area (Å²) in [6.45, 7) is 0.321. The number of aromatic nitrogens is 2. The van der Waals surface area contributed by atoms with Crippen molar-refractivity contribution in [2.24, 2.45) is 0 Å². The molecular formula is C17H14FN3O2S. The van der Waals surface area contributed by atoms with Crippen LogP contribution in [-0.2, 0) is 6.54 Å². The van der Waals surface area contributed by atoms with E-state index in [1.165, 1.54) is 23.5 Å². The van der Waals surface area contributed by atoms with Gasteiger partial charge in [-0.05, 0) is 37.1 Å². The van der Waals surface area contributed by atoms with Gasteiger partial charge in [-0.1, -0.05) is 17.3 Å². The van der Waals surface area contributed by atoms with Crippen LogP contribution in [0.2, 0.25) is 0 Å². The molecule has 122 valence electrons. The van der Waals surface area contributed by atoms with Crippen molar-refractivity contribution in [3.05, 3.63) is 58.5 Å². The van der Waals surface area contributed by atoms with E-state index in [4.69, 9.17) is 4.52 Å². The number of benzene rings is 1. The van der Waals surface area contributed by atoms with Gasteiger partial charge >= 0.3 is 0 Å². The monoisotopic (exact) mass is 343 g/mol. The van der Waals surface area contributed by atoms with Crippen molar-refractivity contribution < 1.29 is 13.7 Å². The Kier molecular flexibility index (Phi) is 3.86. The largest absolute Gasteiger partial charge is 0.347 e. The summed E-state index contributed by atoms with van der Waals surface area (Å²) in [6.07, 6.45) is 2.24. The summed E-state index contributed by atoms with van der Waals surface area (Å²) in [7, 11) is 0. The van der Waals surface area contributed by atoms with Gasteiger partial charge in [0, 0.05) is 10.8 Å². The molecule has 0 atom stereocenters. The molecule has 1 N–H and O–H groups in total. The van der Waals surface area contributed by atoms with Gasteiger partial charge in [-0.3, -0.25) is 4.79 Å². The number of amides is 1. The maximum atomic E-state index is 13.6. The normalized spacial score (nSPS) is 13.9. The third kappa shape index (κ3) is 3.07. The minimum Gasteiger partial charge on any atom is -0.347 e. The number of nitrogens with one attached hydrogen (secondary N) is 1. The Balaban J connectivity index is 1.41. The van der Waals surface area contributed by atoms with Crippen molar-refractivity contribution in [3.8, 4) is 10.8 Å². The van der Waals surface area contributed by atoms with Crippen LogP contribution >= 0.6 is 11.3 Å². The second-order valence-corrected chi connectivity index (χ2v) is 6.83. The molecule has 0 spiro atoms. The fraction of sp³-hybridized carbons (Fsp3) is 0.235. The summed E-state index contributed by atoms with van der Waals surface area (Å²) in [6, 6.07) is 9.70. The van der Waals surface area contributed by atoms with Gasteiger partial charge in [0.15, 0.2) is 5.82 Å². The van der Waals surface area contributed by atoms with E-state index in [9.17, 15) is 9.18 Å². The van der Waals surface area contributed by atoms with E-state index in [1.54, 1.807) is 12.1 Å². The topological polar surface area (TPSA) is 68.0 Å². The highest BCUT2D eigenvalue weighted by Crippen LogP contribution is 2.39. The zero-order valence-electron chi connectivity index (χ0n) is 12.7. The van der Waals surface area contributed by atoms with E-state index in [1.807, 2.05) is 12.1 Å². The fourth-order valence-corrected chi connectivity index (χ4v) is 3.21. The Bertz CT molecular complexity index is 885. The van der Waals surface area contributed by atoms with Gasteiger partial charge in [-0.2, -0.15) is 4.98 Å². The standard InChI is InChI=1S/C17H14FN3O2S/c18-13-4-2-1-3-12(13)16(22)19-9-11-7-8-14(24-11)17-20-15(21-23-17)10-5-6-10/h1-4,7-8,10H,5-6,9H2,(H,19,22). The van der Waals surface area contributed by atoms with Gasteiger partial charge in [0.25, 0.3) is 11.8 Å². The molecule has 0 saturated heterocycles. The lowest BCUT2D eigenvalue weighted by Gasteiger charge is -2.04. The molecular weight excluding hydrogens is 329 g/mol. The van der Waals surface area contributed by atoms with Gasteiger partial charge in [0.05, 0.1) is 17.0 Å². The van der Waals surface area contributed by atoms with Crippen LogP contribution in [0.25, 0.3) is 10.8 Å². The molecule has 1 aliphatic rings. The molecule has 0 aliphatic heterocycles. The van der Waals surface area contributed by atoms with E-state index in [2.05, 4.69) is 15.5 Å². The lowest BCUT2D eigenvalue weighted by Crippen LogP contribution is -2.23. The smallest absolute Gasteiger partial charge is 0.268 e. The van der Waals surface area contributed by atoms with Crippen molar-refractivity contribution in [1.29, 1.82) is 0 Å². The van der Waals surface area contributed by atoms with Crippen LogP contribution in [0.5, 0.6) is 0 Å². The van der Waals surface area contributed by atoms with Crippen LogP contribution < -0.4 is 5.32 Å². The number of halogens is 1. The van der Waals surface area contributed by atoms with Gasteiger partial charge in [-0.25, -0.2) is 4.39 Å². The summed E-state index contributed by atoms with van der Waals surface area (Å²) in [5.74, 6) is 0.764. The number of carbonyl (C=O) groups excluding carboxylic acids is 1. The number of carbonyl (C=O) groups is 1. The average Bonchev–Trinajstić information content (AvgIpc) is 3.13. The van der Waals surface area contributed by atoms with Gasteiger partial charge in [-0.15, -0.1) is 11.3 Å². The maximum absolute atomic E-state index is 13.6. The predicted molar refractivity (Wildman–Crippen MR) is 87.2 cm³/mol. The Morgan fingerprint density at radius 3 is 2.92 bits per heavy atom. The average molecular weight is 343 g/mol. The molecule has 1 aromatic carbocycles. The van der Waals surface area contributed by atoms with Crippen LogP contribution in [0.1, 0.15) is 39.8 Å². The molecule has 1 saturated carbocycles. The first-order valence-corrected chi connectivity index (χ1v) is 8.48. The molecule has 0 bridgehead atoms. The molecule has 1 amide bonds. The fourth-order valence-electron chi connectivity index (χ4n) is 2.34. The van der Waals surface area contributed by atoms with Crippen LogP contribution in [-0.4, -0.2) is 16.0 Å². The van der Waals surface area contributed by atoms with E-state index in [0.717, 1.165) is 28.4 Å². The third-order valence-electron chi connectivity index (χ3n) is 3.80. The molecule has 7 heteroatoms. The number of hydrogen-bond donors (Lipinski definition) is 1. The third-order valence-corrected chi connectivity index (χ3v) is 4.87. The second kappa shape index (κ2) is 6.16. The lowest BCUT2D eigenvalue weighted by molar-refractivity contribution is 0.0947. The first-order chi connectivity index (χ1) is 11.7. The second-order valence-electron chi connectivity index (χ2n) is 5.66. The minimum atomic E-state index is -0.527. The number of rotatable bonds is 5. The summed E-state index contributed by atoms with van der Waals surface area (Å²) >= 11 is 1.47. The minimum absolute atomic E-state index is 0.0419. The van der Waals surface area contributed by atoms with E-state index in [-0.39, 0.29) is 5.56 Å². The quantitative estimate of drug-likeness (QED) is 0.766. The van der Waals surface area contributed by atoms with Gasteiger partial charge in [0.2, 0.25) is 0 Å². The molecule has 1 aliphatic carbocycles. The first-order valence-electron chi connectivity index (χ1n) is 7.66. The summed E-state index contributed by atoms with van der Waals surface area (Å²) in [5, 5.41) is 6.72. The van der Waals surface area contributed by atoms with Crippen LogP contribution in [0.4, 0.5) is 4.39 Å². The zero-order valence-corrected chi connectivity index (χ0v) is 13.5. The first kappa shape index (κ1) is 15.0. The Labute approximate surface area is 141 Å². The highest BCUT2D eigenvalue weighted by Gasteiger charge is 2.29. The molecule has 2 heterocycles. The molecule has 4 rings (SSSR count). The van der Waals surface area contributed by atoms with Crippen molar-refractivity contribution in [1.82, 2.24) is 15.5 Å². The van der Waals surface area contributed by atoms with Crippen LogP contribution in [0, 0.1) is 5.82 Å². The number of nitrogens with zero attached hydrogens (tertiary/aromatic N) is 2. The molecule has 24 heavy (non-hydrogen) atoms. The molecule has 0 radical (unpaired) electrons. The van der Waals surface area contributed by atoms with E-state index < -0.39 is 11.7 Å². The van der Waals surface area contributed by atoms with Crippen molar-refractivity contribution in [2.45, 2.75) is 25.3 Å². The lowest BCUT2D eigenvalue weighted by atomic mass is 10.2. The van der Waals surface area contributed by atoms with Gasteiger partial charge < -0.3 is 9.84 Å². The van der Waals surface area contributed by atoms with Crippen LogP contribution in [0.3, 0.4) is 0 Å². The molecule has 2 aromatic heterocycles. The number of thiophene rings is 1.